The number of hydrogen-bond donors (Lipinski definition) is 0. The van der Waals surface area contributed by atoms with Crippen molar-refractivity contribution in [2.24, 2.45) is 0 Å². The van der Waals surface area contributed by atoms with Crippen LogP contribution in [-0.2, 0) is 6.42 Å². The molecule has 2 aromatic carbocycles. The average molecular weight is 321 g/mol. The van der Waals surface area contributed by atoms with Gasteiger partial charge in [-0.2, -0.15) is 0 Å². The van der Waals surface area contributed by atoms with Crippen molar-refractivity contribution in [1.82, 2.24) is 0 Å². The maximum Gasteiger partial charge on any atom is 0.123 e. The molecular formula is C17H18BrF. The number of rotatable bonds is 5. The van der Waals surface area contributed by atoms with Gasteiger partial charge in [0.05, 0.1) is 0 Å². The molecule has 2 heteroatoms. The van der Waals surface area contributed by atoms with E-state index in [4.69, 9.17) is 0 Å². The second-order valence-electron chi connectivity index (χ2n) is 4.84. The highest BCUT2D eigenvalue weighted by molar-refractivity contribution is 9.09. The van der Waals surface area contributed by atoms with Crippen molar-refractivity contribution in [3.8, 4) is 0 Å². The van der Waals surface area contributed by atoms with E-state index in [0.29, 0.717) is 4.83 Å². The largest absolute Gasteiger partial charge is 0.207 e. The Bertz CT molecular complexity index is 522. The van der Waals surface area contributed by atoms with Crippen LogP contribution in [0.3, 0.4) is 0 Å². The molecule has 0 aliphatic carbocycles. The zero-order valence-corrected chi connectivity index (χ0v) is 12.7. The van der Waals surface area contributed by atoms with E-state index in [0.717, 1.165) is 24.8 Å². The van der Waals surface area contributed by atoms with Gasteiger partial charge in [-0.1, -0.05) is 52.3 Å². The molecule has 0 bridgehead atoms. The number of hydrogen-bond acceptors (Lipinski definition) is 0. The summed E-state index contributed by atoms with van der Waals surface area (Å²) in [4.78, 5) is 0.377. The lowest BCUT2D eigenvalue weighted by Gasteiger charge is -2.11. The lowest BCUT2D eigenvalue weighted by molar-refractivity contribution is 0.622. The lowest BCUT2D eigenvalue weighted by Crippen LogP contribution is -1.95. The number of aryl methyl sites for hydroxylation is 2. The van der Waals surface area contributed by atoms with Crippen LogP contribution in [0, 0.1) is 12.7 Å². The highest BCUT2D eigenvalue weighted by Gasteiger charge is 2.07. The van der Waals surface area contributed by atoms with Crippen LogP contribution in [0.15, 0.2) is 48.5 Å². The predicted octanol–water partition coefficient (Wildman–Crippen LogP) is 5.59. The topological polar surface area (TPSA) is 0 Å². The third kappa shape index (κ3) is 4.17. The molecule has 2 aromatic rings. The number of halogens is 2. The van der Waals surface area contributed by atoms with Crippen molar-refractivity contribution >= 4 is 15.9 Å². The van der Waals surface area contributed by atoms with Crippen LogP contribution in [0.4, 0.5) is 4.39 Å². The molecule has 0 aliphatic rings. The molecule has 0 radical (unpaired) electrons. The summed E-state index contributed by atoms with van der Waals surface area (Å²) in [5.74, 6) is -0.140. The molecule has 0 nitrogen and oxygen atoms in total. The zero-order chi connectivity index (χ0) is 13.7. The third-order valence-electron chi connectivity index (χ3n) is 3.38. The van der Waals surface area contributed by atoms with Crippen molar-refractivity contribution in [3.05, 3.63) is 71.0 Å². The van der Waals surface area contributed by atoms with Crippen molar-refractivity contribution < 1.29 is 4.39 Å². The van der Waals surface area contributed by atoms with E-state index in [9.17, 15) is 4.39 Å². The van der Waals surface area contributed by atoms with Gasteiger partial charge >= 0.3 is 0 Å². The fourth-order valence-corrected chi connectivity index (χ4v) is 2.84. The van der Waals surface area contributed by atoms with E-state index < -0.39 is 0 Å². The first-order valence-corrected chi connectivity index (χ1v) is 7.52. The van der Waals surface area contributed by atoms with Gasteiger partial charge in [0.1, 0.15) is 5.82 Å². The van der Waals surface area contributed by atoms with Gasteiger partial charge in [-0.15, -0.1) is 0 Å². The van der Waals surface area contributed by atoms with Crippen molar-refractivity contribution in [1.29, 1.82) is 0 Å². The molecule has 1 unspecified atom stereocenters. The van der Waals surface area contributed by atoms with Crippen molar-refractivity contribution in [2.45, 2.75) is 31.0 Å². The Labute approximate surface area is 122 Å². The highest BCUT2D eigenvalue weighted by Crippen LogP contribution is 2.28. The SMILES string of the molecule is Cc1ccc(F)cc1CCCC(Br)c1ccccc1. The van der Waals surface area contributed by atoms with Gasteiger partial charge in [-0.25, -0.2) is 4.39 Å². The summed E-state index contributed by atoms with van der Waals surface area (Å²) >= 11 is 3.72. The Morgan fingerprint density at radius 1 is 1.11 bits per heavy atom. The molecule has 0 fully saturated rings. The number of alkyl halides is 1. The van der Waals surface area contributed by atoms with Gasteiger partial charge in [0, 0.05) is 4.83 Å². The summed E-state index contributed by atoms with van der Waals surface area (Å²) < 4.78 is 13.2. The minimum Gasteiger partial charge on any atom is -0.207 e. The summed E-state index contributed by atoms with van der Waals surface area (Å²) in [6, 6.07) is 15.4. The molecular weight excluding hydrogens is 303 g/mol. The predicted molar refractivity (Wildman–Crippen MR) is 82.2 cm³/mol. The average Bonchev–Trinajstić information content (AvgIpc) is 2.43. The van der Waals surface area contributed by atoms with Crippen LogP contribution in [0.5, 0.6) is 0 Å². The standard InChI is InChI=1S/C17H18BrF/c1-13-10-11-16(19)12-15(13)8-5-9-17(18)14-6-3-2-4-7-14/h2-4,6-7,10-12,17H,5,8-9H2,1H3. The Morgan fingerprint density at radius 3 is 2.58 bits per heavy atom. The molecule has 19 heavy (non-hydrogen) atoms. The molecule has 0 aromatic heterocycles. The molecule has 0 heterocycles. The molecule has 0 saturated heterocycles. The number of benzene rings is 2. The van der Waals surface area contributed by atoms with Gasteiger partial charge in [0.15, 0.2) is 0 Å². The van der Waals surface area contributed by atoms with Gasteiger partial charge in [0.2, 0.25) is 0 Å². The smallest absolute Gasteiger partial charge is 0.123 e. The van der Waals surface area contributed by atoms with Crippen molar-refractivity contribution in [3.63, 3.8) is 0 Å². The van der Waals surface area contributed by atoms with Crippen LogP contribution >= 0.6 is 15.9 Å². The molecule has 0 saturated carbocycles. The Hall–Kier alpha value is -1.15. The first-order chi connectivity index (χ1) is 9.16. The van der Waals surface area contributed by atoms with Crippen LogP contribution in [0.2, 0.25) is 0 Å². The minimum absolute atomic E-state index is 0.140. The summed E-state index contributed by atoms with van der Waals surface area (Å²) in [6.07, 6.45) is 3.04. The Balaban J connectivity index is 1.88. The van der Waals surface area contributed by atoms with Crippen molar-refractivity contribution in [2.75, 3.05) is 0 Å². The van der Waals surface area contributed by atoms with E-state index in [1.165, 1.54) is 17.2 Å². The lowest BCUT2D eigenvalue weighted by atomic mass is 10.0. The van der Waals surface area contributed by atoms with Crippen LogP contribution in [0.25, 0.3) is 0 Å². The fraction of sp³-hybridized carbons (Fsp3) is 0.294. The molecule has 0 aliphatic heterocycles. The van der Waals surface area contributed by atoms with Gasteiger partial charge in [-0.05, 0) is 55.0 Å². The Morgan fingerprint density at radius 2 is 1.84 bits per heavy atom. The van der Waals surface area contributed by atoms with E-state index in [1.54, 1.807) is 6.07 Å². The zero-order valence-electron chi connectivity index (χ0n) is 11.1. The molecule has 0 spiro atoms. The maximum absolute atomic E-state index is 13.2. The van der Waals surface area contributed by atoms with Crippen LogP contribution < -0.4 is 0 Å². The fourth-order valence-electron chi connectivity index (χ4n) is 2.21. The van der Waals surface area contributed by atoms with E-state index in [2.05, 4.69) is 40.2 Å². The van der Waals surface area contributed by atoms with E-state index >= 15 is 0 Å². The summed E-state index contributed by atoms with van der Waals surface area (Å²) in [5, 5.41) is 0. The van der Waals surface area contributed by atoms with Crippen LogP contribution in [-0.4, -0.2) is 0 Å². The summed E-state index contributed by atoms with van der Waals surface area (Å²) in [7, 11) is 0. The molecule has 0 N–H and O–H groups in total. The second-order valence-corrected chi connectivity index (χ2v) is 5.95. The quantitative estimate of drug-likeness (QED) is 0.630. The van der Waals surface area contributed by atoms with Gasteiger partial charge in [0.25, 0.3) is 0 Å². The normalized spacial score (nSPS) is 12.4. The van der Waals surface area contributed by atoms with E-state index in [-0.39, 0.29) is 5.82 Å². The summed E-state index contributed by atoms with van der Waals surface area (Å²) in [5.41, 5.74) is 3.60. The van der Waals surface area contributed by atoms with Gasteiger partial charge in [-0.3, -0.25) is 0 Å². The van der Waals surface area contributed by atoms with E-state index in [1.807, 2.05) is 19.1 Å². The second kappa shape index (κ2) is 6.85. The maximum atomic E-state index is 13.2. The third-order valence-corrected chi connectivity index (χ3v) is 4.36. The minimum atomic E-state index is -0.140. The van der Waals surface area contributed by atoms with Gasteiger partial charge < -0.3 is 0 Å². The highest BCUT2D eigenvalue weighted by atomic mass is 79.9. The first kappa shape index (κ1) is 14.3. The van der Waals surface area contributed by atoms with Crippen LogP contribution in [0.1, 0.15) is 34.4 Å². The molecule has 1 atom stereocenters. The molecule has 0 amide bonds. The summed E-state index contributed by atoms with van der Waals surface area (Å²) in [6.45, 7) is 2.04. The molecule has 2 rings (SSSR count). The molecule has 100 valence electrons. The monoisotopic (exact) mass is 320 g/mol. The Kier molecular flexibility index (Phi) is 5.15. The first-order valence-electron chi connectivity index (χ1n) is 6.61.